The minimum Gasteiger partial charge on any atom is -0.378 e. The van der Waals surface area contributed by atoms with Crippen LogP contribution in [0.5, 0.6) is 0 Å². The van der Waals surface area contributed by atoms with Crippen molar-refractivity contribution in [1.29, 1.82) is 0 Å². The predicted octanol–water partition coefficient (Wildman–Crippen LogP) is 4.65. The molecule has 0 radical (unpaired) electrons. The summed E-state index contributed by atoms with van der Waals surface area (Å²) in [4.78, 5) is 7.74. The second-order valence-corrected chi connectivity index (χ2v) is 5.78. The SMILES string of the molecule is C=CC.CN(C)c1ccc2[nH]c3ccc(N(C)C)cc3c2c1. The number of aromatic nitrogens is 1. The Labute approximate surface area is 132 Å². The molecule has 3 aromatic rings. The second-order valence-electron chi connectivity index (χ2n) is 5.78. The van der Waals surface area contributed by atoms with Gasteiger partial charge in [-0.1, -0.05) is 6.08 Å². The number of hydrogen-bond donors (Lipinski definition) is 1. The van der Waals surface area contributed by atoms with Crippen LogP contribution in [0.2, 0.25) is 0 Å². The first-order chi connectivity index (χ1) is 10.5. The number of hydrogen-bond acceptors (Lipinski definition) is 2. The summed E-state index contributed by atoms with van der Waals surface area (Å²) >= 11 is 0. The Hall–Kier alpha value is -2.42. The van der Waals surface area contributed by atoms with E-state index in [9.17, 15) is 0 Å². The molecule has 0 saturated carbocycles. The van der Waals surface area contributed by atoms with Crippen molar-refractivity contribution in [2.24, 2.45) is 0 Å². The number of benzene rings is 2. The van der Waals surface area contributed by atoms with E-state index in [1.807, 2.05) is 6.92 Å². The number of nitrogens with zero attached hydrogens (tertiary/aromatic N) is 2. The molecule has 1 heterocycles. The van der Waals surface area contributed by atoms with Crippen LogP contribution >= 0.6 is 0 Å². The first-order valence-corrected chi connectivity index (χ1v) is 7.45. The number of rotatable bonds is 2. The summed E-state index contributed by atoms with van der Waals surface area (Å²) in [5.74, 6) is 0. The third-order valence-electron chi connectivity index (χ3n) is 3.60. The van der Waals surface area contributed by atoms with Crippen LogP contribution in [0.3, 0.4) is 0 Å². The molecule has 2 aromatic carbocycles. The molecular weight excluding hydrogens is 270 g/mol. The number of aromatic amines is 1. The summed E-state index contributed by atoms with van der Waals surface area (Å²) in [5.41, 5.74) is 4.83. The van der Waals surface area contributed by atoms with Crippen molar-refractivity contribution in [1.82, 2.24) is 4.98 Å². The lowest BCUT2D eigenvalue weighted by Crippen LogP contribution is -2.08. The minimum absolute atomic E-state index is 1.19. The van der Waals surface area contributed by atoms with E-state index >= 15 is 0 Å². The van der Waals surface area contributed by atoms with Crippen LogP contribution in [0.4, 0.5) is 11.4 Å². The predicted molar refractivity (Wildman–Crippen MR) is 100 cm³/mol. The summed E-state index contributed by atoms with van der Waals surface area (Å²) < 4.78 is 0. The molecule has 0 fully saturated rings. The van der Waals surface area contributed by atoms with Crippen molar-refractivity contribution < 1.29 is 0 Å². The highest BCUT2D eigenvalue weighted by atomic mass is 15.1. The van der Waals surface area contributed by atoms with Crippen molar-refractivity contribution in [3.05, 3.63) is 49.1 Å². The van der Waals surface area contributed by atoms with Crippen LogP contribution in [0, 0.1) is 0 Å². The van der Waals surface area contributed by atoms with Crippen molar-refractivity contribution in [3.8, 4) is 0 Å². The highest BCUT2D eigenvalue weighted by Crippen LogP contribution is 2.31. The van der Waals surface area contributed by atoms with Gasteiger partial charge in [-0.3, -0.25) is 0 Å². The van der Waals surface area contributed by atoms with E-state index in [0.717, 1.165) is 0 Å². The highest BCUT2D eigenvalue weighted by molar-refractivity contribution is 6.09. The number of allylic oxidation sites excluding steroid dienone is 1. The van der Waals surface area contributed by atoms with Crippen LogP contribution in [0.1, 0.15) is 6.92 Å². The Morgan fingerprint density at radius 2 is 1.18 bits per heavy atom. The van der Waals surface area contributed by atoms with Crippen molar-refractivity contribution in [2.45, 2.75) is 6.92 Å². The fourth-order valence-corrected chi connectivity index (χ4v) is 2.43. The molecule has 22 heavy (non-hydrogen) atoms. The topological polar surface area (TPSA) is 22.3 Å². The summed E-state index contributed by atoms with van der Waals surface area (Å²) in [6.07, 6.45) is 1.75. The lowest BCUT2D eigenvalue weighted by molar-refractivity contribution is 1.13. The largest absolute Gasteiger partial charge is 0.378 e. The van der Waals surface area contributed by atoms with Crippen LogP contribution in [-0.4, -0.2) is 33.2 Å². The lowest BCUT2D eigenvalue weighted by atomic mass is 10.1. The van der Waals surface area contributed by atoms with E-state index in [1.54, 1.807) is 6.08 Å². The number of fused-ring (bicyclic) bond motifs is 3. The van der Waals surface area contributed by atoms with Gasteiger partial charge >= 0.3 is 0 Å². The molecule has 0 bridgehead atoms. The van der Waals surface area contributed by atoms with Crippen LogP contribution in [-0.2, 0) is 0 Å². The minimum atomic E-state index is 1.19. The van der Waals surface area contributed by atoms with Gasteiger partial charge in [-0.15, -0.1) is 6.58 Å². The monoisotopic (exact) mass is 295 g/mol. The molecule has 0 spiro atoms. The molecule has 0 amide bonds. The third kappa shape index (κ3) is 3.08. The molecule has 0 aliphatic heterocycles. The fraction of sp³-hybridized carbons (Fsp3) is 0.263. The molecule has 0 aliphatic carbocycles. The molecular formula is C19H25N3. The lowest BCUT2D eigenvalue weighted by Gasteiger charge is -2.13. The van der Waals surface area contributed by atoms with Gasteiger partial charge in [0.1, 0.15) is 0 Å². The molecule has 3 nitrogen and oxygen atoms in total. The van der Waals surface area contributed by atoms with Gasteiger partial charge < -0.3 is 14.8 Å². The number of anilines is 2. The quantitative estimate of drug-likeness (QED) is 0.695. The number of nitrogens with one attached hydrogen (secondary N) is 1. The van der Waals surface area contributed by atoms with Gasteiger partial charge in [0.05, 0.1) is 0 Å². The molecule has 0 unspecified atom stereocenters. The number of H-pyrrole nitrogens is 1. The zero-order chi connectivity index (χ0) is 16.3. The van der Waals surface area contributed by atoms with Gasteiger partial charge in [0, 0.05) is 61.4 Å². The summed E-state index contributed by atoms with van der Waals surface area (Å²) in [6, 6.07) is 13.1. The Balaban J connectivity index is 0.000000545. The van der Waals surface area contributed by atoms with Gasteiger partial charge in [0.2, 0.25) is 0 Å². The van der Waals surface area contributed by atoms with E-state index < -0.39 is 0 Å². The van der Waals surface area contributed by atoms with E-state index in [1.165, 1.54) is 33.2 Å². The average molecular weight is 295 g/mol. The standard InChI is InChI=1S/C16H19N3.C3H6/c1-18(2)11-5-7-15-13(9-11)14-10-12(19(3)4)6-8-16(14)17-15;1-3-2/h5-10,17H,1-4H3;3H,1H2,2H3. The van der Waals surface area contributed by atoms with Gasteiger partial charge in [-0.2, -0.15) is 0 Å². The Kier molecular flexibility index (Phi) is 4.76. The molecule has 1 aromatic heterocycles. The van der Waals surface area contributed by atoms with Crippen molar-refractivity contribution in [2.75, 3.05) is 38.0 Å². The summed E-state index contributed by atoms with van der Waals surface area (Å²) in [7, 11) is 8.28. The van der Waals surface area contributed by atoms with Crippen LogP contribution in [0.15, 0.2) is 49.1 Å². The molecule has 0 aliphatic rings. The summed E-state index contributed by atoms with van der Waals surface area (Å²) in [5, 5.41) is 2.56. The molecule has 1 N–H and O–H groups in total. The first kappa shape index (κ1) is 16.0. The zero-order valence-electron chi connectivity index (χ0n) is 14.1. The maximum Gasteiger partial charge on any atom is 0.0466 e. The van der Waals surface area contributed by atoms with Crippen molar-refractivity contribution in [3.63, 3.8) is 0 Å². The molecule has 3 heteroatoms. The van der Waals surface area contributed by atoms with Crippen molar-refractivity contribution >= 4 is 33.2 Å². The Bertz CT molecular complexity index is 720. The summed E-state index contributed by atoms with van der Waals surface area (Å²) in [6.45, 7) is 5.25. The van der Waals surface area contributed by atoms with E-state index in [-0.39, 0.29) is 0 Å². The van der Waals surface area contributed by atoms with E-state index in [4.69, 9.17) is 0 Å². The molecule has 3 rings (SSSR count). The van der Waals surface area contributed by atoms with E-state index in [0.29, 0.717) is 0 Å². The normalized spacial score (nSPS) is 10.2. The molecule has 0 atom stereocenters. The maximum atomic E-state index is 3.47. The van der Waals surface area contributed by atoms with Crippen LogP contribution < -0.4 is 9.80 Å². The van der Waals surface area contributed by atoms with Gasteiger partial charge in [0.25, 0.3) is 0 Å². The third-order valence-corrected chi connectivity index (χ3v) is 3.60. The second kappa shape index (κ2) is 6.56. The average Bonchev–Trinajstić information content (AvgIpc) is 2.84. The smallest absolute Gasteiger partial charge is 0.0466 e. The maximum absolute atomic E-state index is 3.47. The Morgan fingerprint density at radius 1 is 0.818 bits per heavy atom. The molecule has 116 valence electrons. The Morgan fingerprint density at radius 3 is 1.50 bits per heavy atom. The van der Waals surface area contributed by atoms with Crippen LogP contribution in [0.25, 0.3) is 21.8 Å². The van der Waals surface area contributed by atoms with Gasteiger partial charge in [-0.05, 0) is 43.3 Å². The highest BCUT2D eigenvalue weighted by Gasteiger charge is 2.07. The van der Waals surface area contributed by atoms with Gasteiger partial charge in [-0.25, -0.2) is 0 Å². The zero-order valence-corrected chi connectivity index (χ0v) is 14.1. The molecule has 0 saturated heterocycles. The van der Waals surface area contributed by atoms with E-state index in [2.05, 4.69) is 86.0 Å². The fourth-order valence-electron chi connectivity index (χ4n) is 2.43. The van der Waals surface area contributed by atoms with Gasteiger partial charge in [0.15, 0.2) is 0 Å². The first-order valence-electron chi connectivity index (χ1n) is 7.45.